The average Bonchev–Trinajstić information content (AvgIpc) is 2.62. The summed E-state index contributed by atoms with van der Waals surface area (Å²) in [4.78, 5) is 0. The van der Waals surface area contributed by atoms with Crippen LogP contribution in [0.25, 0.3) is 0 Å². The molecule has 1 fully saturated rings. The first-order chi connectivity index (χ1) is 7.84. The van der Waals surface area contributed by atoms with Gasteiger partial charge < -0.3 is 10.6 Å². The summed E-state index contributed by atoms with van der Waals surface area (Å²) in [5.74, 6) is 0. The van der Waals surface area contributed by atoms with Crippen molar-refractivity contribution in [1.29, 1.82) is 0 Å². The van der Waals surface area contributed by atoms with Crippen molar-refractivity contribution in [2.24, 2.45) is 0 Å². The van der Waals surface area contributed by atoms with Crippen LogP contribution in [0.15, 0.2) is 16.8 Å². The second-order valence-corrected chi connectivity index (χ2v) is 5.56. The van der Waals surface area contributed by atoms with E-state index < -0.39 is 0 Å². The largest absolute Gasteiger partial charge is 0.317 e. The average molecular weight is 238 g/mol. The van der Waals surface area contributed by atoms with E-state index in [9.17, 15) is 0 Å². The highest BCUT2D eigenvalue weighted by molar-refractivity contribution is 7.07. The molecule has 2 rings (SSSR count). The van der Waals surface area contributed by atoms with Crippen molar-refractivity contribution in [2.45, 2.75) is 44.7 Å². The van der Waals surface area contributed by atoms with Crippen molar-refractivity contribution >= 4 is 11.3 Å². The predicted molar refractivity (Wildman–Crippen MR) is 71.1 cm³/mol. The second-order valence-electron chi connectivity index (χ2n) is 4.78. The highest BCUT2D eigenvalue weighted by atomic mass is 32.1. The monoisotopic (exact) mass is 238 g/mol. The lowest BCUT2D eigenvalue weighted by molar-refractivity contribution is 0.412. The van der Waals surface area contributed by atoms with Gasteiger partial charge in [-0.15, -0.1) is 0 Å². The van der Waals surface area contributed by atoms with Gasteiger partial charge in [0.05, 0.1) is 0 Å². The van der Waals surface area contributed by atoms with Gasteiger partial charge in [-0.1, -0.05) is 0 Å². The van der Waals surface area contributed by atoms with E-state index in [1.807, 2.05) is 0 Å². The van der Waals surface area contributed by atoms with E-state index >= 15 is 0 Å². The summed E-state index contributed by atoms with van der Waals surface area (Å²) in [6, 6.07) is 3.54. The van der Waals surface area contributed by atoms with Crippen LogP contribution in [-0.2, 0) is 6.42 Å². The van der Waals surface area contributed by atoms with Gasteiger partial charge in [0.1, 0.15) is 0 Å². The standard InChI is InChI=1S/C13H22N2S/c1-11(9-12-5-8-16-10-12)15-13-3-2-6-14-7-4-13/h5,8,10-11,13-15H,2-4,6-7,9H2,1H3. The fourth-order valence-corrected chi connectivity index (χ4v) is 3.09. The number of hydrogen-bond acceptors (Lipinski definition) is 3. The molecule has 3 heteroatoms. The van der Waals surface area contributed by atoms with E-state index in [1.165, 1.54) is 37.9 Å². The van der Waals surface area contributed by atoms with Gasteiger partial charge in [0.15, 0.2) is 0 Å². The molecule has 2 atom stereocenters. The molecule has 2 heterocycles. The van der Waals surface area contributed by atoms with Gasteiger partial charge in [-0.05, 0) is 68.1 Å². The summed E-state index contributed by atoms with van der Waals surface area (Å²) in [6.07, 6.45) is 5.06. The van der Waals surface area contributed by atoms with E-state index in [-0.39, 0.29) is 0 Å². The molecule has 1 aliphatic heterocycles. The van der Waals surface area contributed by atoms with Crippen molar-refractivity contribution in [2.75, 3.05) is 13.1 Å². The molecule has 90 valence electrons. The van der Waals surface area contributed by atoms with Crippen molar-refractivity contribution in [1.82, 2.24) is 10.6 Å². The van der Waals surface area contributed by atoms with E-state index in [0.717, 1.165) is 6.42 Å². The number of hydrogen-bond donors (Lipinski definition) is 2. The molecule has 0 saturated carbocycles. The summed E-state index contributed by atoms with van der Waals surface area (Å²) >= 11 is 1.79. The molecule has 1 aromatic rings. The third-order valence-electron chi connectivity index (χ3n) is 3.22. The number of thiophene rings is 1. The lowest BCUT2D eigenvalue weighted by Gasteiger charge is -2.21. The van der Waals surface area contributed by atoms with Crippen LogP contribution in [0.1, 0.15) is 31.7 Å². The highest BCUT2D eigenvalue weighted by Crippen LogP contribution is 2.11. The molecule has 1 aromatic heterocycles. The first kappa shape index (κ1) is 12.1. The number of rotatable bonds is 4. The molecule has 0 aromatic carbocycles. The molecule has 16 heavy (non-hydrogen) atoms. The third kappa shape index (κ3) is 3.89. The molecule has 1 aliphatic rings. The van der Waals surface area contributed by atoms with Crippen LogP contribution in [-0.4, -0.2) is 25.2 Å². The van der Waals surface area contributed by atoms with Crippen molar-refractivity contribution in [3.63, 3.8) is 0 Å². The zero-order chi connectivity index (χ0) is 11.2. The van der Waals surface area contributed by atoms with Gasteiger partial charge in [-0.3, -0.25) is 0 Å². The van der Waals surface area contributed by atoms with Crippen LogP contribution < -0.4 is 10.6 Å². The minimum atomic E-state index is 0.595. The minimum Gasteiger partial charge on any atom is -0.317 e. The van der Waals surface area contributed by atoms with Gasteiger partial charge in [-0.2, -0.15) is 11.3 Å². The lowest BCUT2D eigenvalue weighted by Crippen LogP contribution is -2.38. The number of nitrogens with one attached hydrogen (secondary N) is 2. The quantitative estimate of drug-likeness (QED) is 0.842. The summed E-state index contributed by atoms with van der Waals surface area (Å²) in [6.45, 7) is 4.66. The van der Waals surface area contributed by atoms with Crippen LogP contribution in [0.2, 0.25) is 0 Å². The van der Waals surface area contributed by atoms with E-state index in [4.69, 9.17) is 0 Å². The van der Waals surface area contributed by atoms with Crippen LogP contribution in [0.4, 0.5) is 0 Å². The predicted octanol–water partition coefficient (Wildman–Crippen LogP) is 2.41. The molecule has 0 radical (unpaired) electrons. The maximum absolute atomic E-state index is 3.76. The molecule has 2 nitrogen and oxygen atoms in total. The van der Waals surface area contributed by atoms with Gasteiger partial charge >= 0.3 is 0 Å². The Bertz CT molecular complexity index is 276. The zero-order valence-electron chi connectivity index (χ0n) is 10.0. The maximum Gasteiger partial charge on any atom is 0.00822 e. The summed E-state index contributed by atoms with van der Waals surface area (Å²) < 4.78 is 0. The Balaban J connectivity index is 1.75. The highest BCUT2D eigenvalue weighted by Gasteiger charge is 2.14. The molecular formula is C13H22N2S. The van der Waals surface area contributed by atoms with Gasteiger partial charge in [-0.25, -0.2) is 0 Å². The van der Waals surface area contributed by atoms with E-state index in [2.05, 4.69) is 34.4 Å². The molecule has 0 amide bonds. The minimum absolute atomic E-state index is 0.595. The van der Waals surface area contributed by atoms with Gasteiger partial charge in [0.2, 0.25) is 0 Å². The summed E-state index contributed by atoms with van der Waals surface area (Å²) in [5, 5.41) is 11.6. The molecule has 1 saturated heterocycles. The Kier molecular flexibility index (Phi) is 4.82. The molecular weight excluding hydrogens is 216 g/mol. The fourth-order valence-electron chi connectivity index (χ4n) is 2.41. The van der Waals surface area contributed by atoms with Crippen LogP contribution >= 0.6 is 11.3 Å². The van der Waals surface area contributed by atoms with Gasteiger partial charge in [0.25, 0.3) is 0 Å². The Hall–Kier alpha value is -0.380. The Morgan fingerprint density at radius 1 is 1.50 bits per heavy atom. The fraction of sp³-hybridized carbons (Fsp3) is 0.692. The second kappa shape index (κ2) is 6.38. The SMILES string of the molecule is CC(Cc1ccsc1)NC1CCCNCC1. The molecule has 0 aliphatic carbocycles. The molecule has 0 bridgehead atoms. The maximum atomic E-state index is 3.76. The normalized spacial score (nSPS) is 23.9. The van der Waals surface area contributed by atoms with Crippen LogP contribution in [0, 0.1) is 0 Å². The van der Waals surface area contributed by atoms with E-state index in [1.54, 1.807) is 11.3 Å². The van der Waals surface area contributed by atoms with Gasteiger partial charge in [0, 0.05) is 12.1 Å². The molecule has 0 spiro atoms. The lowest BCUT2D eigenvalue weighted by atomic mass is 10.1. The summed E-state index contributed by atoms with van der Waals surface area (Å²) in [5.41, 5.74) is 1.47. The Labute approximate surface area is 102 Å². The third-order valence-corrected chi connectivity index (χ3v) is 3.95. The van der Waals surface area contributed by atoms with Crippen molar-refractivity contribution in [3.05, 3.63) is 22.4 Å². The zero-order valence-corrected chi connectivity index (χ0v) is 10.9. The van der Waals surface area contributed by atoms with Crippen molar-refractivity contribution < 1.29 is 0 Å². The van der Waals surface area contributed by atoms with E-state index in [0.29, 0.717) is 12.1 Å². The first-order valence-corrected chi connectivity index (χ1v) is 7.27. The first-order valence-electron chi connectivity index (χ1n) is 6.32. The molecule has 2 N–H and O–H groups in total. The summed E-state index contributed by atoms with van der Waals surface area (Å²) in [7, 11) is 0. The van der Waals surface area contributed by atoms with Crippen LogP contribution in [0.3, 0.4) is 0 Å². The topological polar surface area (TPSA) is 24.1 Å². The van der Waals surface area contributed by atoms with Crippen molar-refractivity contribution in [3.8, 4) is 0 Å². The molecule has 2 unspecified atom stereocenters. The van der Waals surface area contributed by atoms with Crippen LogP contribution in [0.5, 0.6) is 0 Å². The Morgan fingerprint density at radius 2 is 2.44 bits per heavy atom. The smallest absolute Gasteiger partial charge is 0.00822 e. The Morgan fingerprint density at radius 3 is 3.25 bits per heavy atom.